The molecule has 0 bridgehead atoms. The second kappa shape index (κ2) is 17.8. The summed E-state index contributed by atoms with van der Waals surface area (Å²) in [7, 11) is 0. The highest BCUT2D eigenvalue weighted by Gasteiger charge is 2.45. The Balaban J connectivity index is 0.000000845. The quantitative estimate of drug-likeness (QED) is 0.219. The molecule has 14 heteroatoms. The number of carbonyl (C=O) groups excluding carboxylic acids is 4. The van der Waals surface area contributed by atoms with E-state index in [1.54, 1.807) is 19.1 Å². The molecule has 0 saturated carbocycles. The normalized spacial score (nSPS) is 17.9. The highest BCUT2D eigenvalue weighted by Crippen LogP contribution is 2.44. The molecule has 292 valence electrons. The van der Waals surface area contributed by atoms with E-state index in [1.807, 2.05) is 69.3 Å². The number of hydrogen-bond acceptors (Lipinski definition) is 8. The van der Waals surface area contributed by atoms with Crippen molar-refractivity contribution in [3.63, 3.8) is 0 Å². The Labute approximate surface area is 314 Å². The number of amides is 3. The van der Waals surface area contributed by atoms with Gasteiger partial charge in [0.25, 0.3) is 18.3 Å². The maximum absolute atomic E-state index is 14.6. The third-order valence-corrected chi connectivity index (χ3v) is 8.95. The van der Waals surface area contributed by atoms with Crippen molar-refractivity contribution >= 4 is 30.1 Å². The van der Waals surface area contributed by atoms with Gasteiger partial charge in [0.1, 0.15) is 18.0 Å². The first-order valence-corrected chi connectivity index (χ1v) is 17.9. The molecular weight excluding hydrogens is 705 g/mol. The zero-order valence-electron chi connectivity index (χ0n) is 31.5. The van der Waals surface area contributed by atoms with Crippen LogP contribution in [0.4, 0.5) is 23.7 Å². The maximum Gasteiger partial charge on any atom is 0.417 e. The van der Waals surface area contributed by atoms with Gasteiger partial charge < -0.3 is 34.6 Å². The number of rotatable bonds is 10. The molecule has 2 N–H and O–H groups in total. The van der Waals surface area contributed by atoms with Crippen molar-refractivity contribution in [2.75, 3.05) is 37.6 Å². The van der Waals surface area contributed by atoms with Crippen LogP contribution in [0, 0.1) is 0 Å². The molecule has 5 rings (SSSR count). The van der Waals surface area contributed by atoms with E-state index in [1.165, 1.54) is 23.6 Å². The van der Waals surface area contributed by atoms with Gasteiger partial charge in [-0.25, -0.2) is 4.79 Å². The molecule has 3 amide bonds. The van der Waals surface area contributed by atoms with Gasteiger partial charge in [-0.15, -0.1) is 0 Å². The SMILES string of the molecule is CC(C)(C)OC=O.CCN(C(=O)c1cc2c(cc1C(F)(F)F)OC(C)(C)C(=O)N2CCNC(=O)OCc1ccccc1)C1CNCCC1c1ccccc1. The first kappa shape index (κ1) is 41.6. The van der Waals surface area contributed by atoms with Crippen LogP contribution in [-0.2, 0) is 31.8 Å². The summed E-state index contributed by atoms with van der Waals surface area (Å²) in [6.07, 6.45) is -4.89. The van der Waals surface area contributed by atoms with Gasteiger partial charge in [0.15, 0.2) is 5.60 Å². The van der Waals surface area contributed by atoms with E-state index in [0.29, 0.717) is 26.0 Å². The molecule has 0 radical (unpaired) electrons. The van der Waals surface area contributed by atoms with Gasteiger partial charge in [0.05, 0.1) is 22.9 Å². The number of likely N-dealkylation sites (N-methyl/N-ethyl adjacent to an activating group) is 1. The van der Waals surface area contributed by atoms with Crippen molar-refractivity contribution < 1.29 is 46.6 Å². The number of carbonyl (C=O) groups is 4. The number of benzene rings is 3. The monoisotopic (exact) mass is 754 g/mol. The molecule has 11 nitrogen and oxygen atoms in total. The Morgan fingerprint density at radius 1 is 1.06 bits per heavy atom. The predicted octanol–water partition coefficient (Wildman–Crippen LogP) is 6.70. The van der Waals surface area contributed by atoms with E-state index in [-0.39, 0.29) is 49.2 Å². The molecule has 3 aromatic rings. The van der Waals surface area contributed by atoms with Crippen molar-refractivity contribution in [3.05, 3.63) is 95.1 Å². The highest BCUT2D eigenvalue weighted by molar-refractivity contribution is 6.05. The molecule has 2 atom stereocenters. The molecule has 54 heavy (non-hydrogen) atoms. The summed E-state index contributed by atoms with van der Waals surface area (Å²) in [5, 5.41) is 5.87. The topological polar surface area (TPSA) is 127 Å². The maximum atomic E-state index is 14.6. The summed E-state index contributed by atoms with van der Waals surface area (Å²) < 4.78 is 59.4. The number of anilines is 1. The van der Waals surface area contributed by atoms with Crippen molar-refractivity contribution in [2.24, 2.45) is 0 Å². The molecular formula is C40H49F3N4O7. The van der Waals surface area contributed by atoms with Crippen molar-refractivity contribution in [1.82, 2.24) is 15.5 Å². The van der Waals surface area contributed by atoms with Crippen molar-refractivity contribution in [3.8, 4) is 5.75 Å². The van der Waals surface area contributed by atoms with Crippen LogP contribution in [0.3, 0.4) is 0 Å². The smallest absolute Gasteiger partial charge is 0.417 e. The molecule has 1 saturated heterocycles. The average Bonchev–Trinajstić information content (AvgIpc) is 3.12. The number of nitrogens with one attached hydrogen (secondary N) is 2. The minimum Gasteiger partial charge on any atom is -0.476 e. The fourth-order valence-electron chi connectivity index (χ4n) is 6.38. The lowest BCUT2D eigenvalue weighted by atomic mass is 9.84. The largest absolute Gasteiger partial charge is 0.476 e. The zero-order chi connectivity index (χ0) is 39.7. The second-order valence-corrected chi connectivity index (χ2v) is 14.4. The summed E-state index contributed by atoms with van der Waals surface area (Å²) in [5.74, 6) is -1.59. The van der Waals surface area contributed by atoms with Gasteiger partial charge in [-0.05, 0) is 77.8 Å². The first-order valence-electron chi connectivity index (χ1n) is 17.9. The van der Waals surface area contributed by atoms with Gasteiger partial charge in [-0.1, -0.05) is 60.7 Å². The van der Waals surface area contributed by atoms with Gasteiger partial charge in [-0.3, -0.25) is 14.4 Å². The standard InChI is InChI=1S/C35H39F3N4O5.C5H10O2/c1-4-41(29-21-39-16-15-25(29)24-13-9-6-10-14-24)31(43)26-19-28-30(20-27(26)35(36,37)38)47-34(2,3)32(44)42(28)18-17-40-33(45)46-22-23-11-7-5-8-12-23;1-5(2,3)7-4-6/h5-14,19-20,25,29,39H,4,15-18,21-22H2,1-3H3,(H,40,45);4H,1-3H3. The van der Waals surface area contributed by atoms with Crippen molar-refractivity contribution in [2.45, 2.75) is 83.9 Å². The lowest BCUT2D eigenvalue weighted by Gasteiger charge is -2.41. The minimum atomic E-state index is -4.88. The number of fused-ring (bicyclic) bond motifs is 1. The van der Waals surface area contributed by atoms with E-state index < -0.39 is 46.9 Å². The second-order valence-electron chi connectivity index (χ2n) is 14.4. The summed E-state index contributed by atoms with van der Waals surface area (Å²) in [5.41, 5.74) is -1.72. The van der Waals surface area contributed by atoms with Crippen molar-refractivity contribution in [1.29, 1.82) is 0 Å². The minimum absolute atomic E-state index is 0.0163. The molecule has 0 aliphatic carbocycles. The molecule has 1 fully saturated rings. The van der Waals surface area contributed by atoms with Crippen LogP contribution in [0.1, 0.15) is 80.9 Å². The highest BCUT2D eigenvalue weighted by atomic mass is 19.4. The molecule has 3 aromatic carbocycles. The third-order valence-electron chi connectivity index (χ3n) is 8.95. The van der Waals surface area contributed by atoms with Crippen LogP contribution >= 0.6 is 0 Å². The van der Waals surface area contributed by atoms with Crippen LogP contribution in [-0.4, -0.2) is 79.2 Å². The summed E-state index contributed by atoms with van der Waals surface area (Å²) in [4.78, 5) is 52.4. The van der Waals surface area contributed by atoms with Crippen LogP contribution < -0.4 is 20.3 Å². The lowest BCUT2D eigenvalue weighted by molar-refractivity contribution is -0.139. The van der Waals surface area contributed by atoms with E-state index in [0.717, 1.165) is 23.3 Å². The third kappa shape index (κ3) is 10.7. The Morgan fingerprint density at radius 2 is 1.70 bits per heavy atom. The van der Waals surface area contributed by atoms with Gasteiger partial charge in [0.2, 0.25) is 0 Å². The Kier molecular flexibility index (Phi) is 13.7. The lowest BCUT2D eigenvalue weighted by Crippen LogP contribution is -2.54. The number of alkyl halides is 3. The molecule has 2 aliphatic heterocycles. The summed E-state index contributed by atoms with van der Waals surface area (Å²) >= 11 is 0. The fourth-order valence-corrected chi connectivity index (χ4v) is 6.38. The molecule has 0 aromatic heterocycles. The summed E-state index contributed by atoms with van der Waals surface area (Å²) in [6, 6.07) is 20.2. The first-order chi connectivity index (χ1) is 25.5. The van der Waals surface area contributed by atoms with E-state index in [4.69, 9.17) is 9.47 Å². The number of piperidine rings is 1. The van der Waals surface area contributed by atoms with Crippen LogP contribution in [0.25, 0.3) is 0 Å². The van der Waals surface area contributed by atoms with Crippen LogP contribution in [0.15, 0.2) is 72.8 Å². The molecule has 2 unspecified atom stereocenters. The number of ether oxygens (including phenoxy) is 3. The molecule has 0 spiro atoms. The number of alkyl carbamates (subject to hydrolysis) is 1. The van der Waals surface area contributed by atoms with E-state index in [2.05, 4.69) is 15.4 Å². The van der Waals surface area contributed by atoms with Gasteiger partial charge >= 0.3 is 12.3 Å². The van der Waals surface area contributed by atoms with E-state index >= 15 is 0 Å². The van der Waals surface area contributed by atoms with Crippen LogP contribution in [0.5, 0.6) is 5.75 Å². The predicted molar refractivity (Wildman–Crippen MR) is 197 cm³/mol. The Hall–Kier alpha value is -5.11. The molecule has 2 heterocycles. The fraction of sp³-hybridized carbons (Fsp3) is 0.450. The summed E-state index contributed by atoms with van der Waals surface area (Å²) in [6.45, 7) is 11.8. The Bertz CT molecular complexity index is 1750. The molecule has 2 aliphatic rings. The van der Waals surface area contributed by atoms with Gasteiger partial charge in [-0.2, -0.15) is 13.2 Å². The number of halogens is 3. The Morgan fingerprint density at radius 3 is 2.28 bits per heavy atom. The van der Waals surface area contributed by atoms with Crippen LogP contribution in [0.2, 0.25) is 0 Å². The number of nitrogens with zero attached hydrogens (tertiary/aromatic N) is 2. The zero-order valence-corrected chi connectivity index (χ0v) is 31.5. The van der Waals surface area contributed by atoms with Gasteiger partial charge in [0, 0.05) is 32.1 Å². The average molecular weight is 755 g/mol. The van der Waals surface area contributed by atoms with E-state index in [9.17, 15) is 32.3 Å². The number of hydrogen-bond donors (Lipinski definition) is 2.